The highest BCUT2D eigenvalue weighted by molar-refractivity contribution is 9.10. The van der Waals surface area contributed by atoms with Gasteiger partial charge in [0.15, 0.2) is 0 Å². The Balaban J connectivity index is 2.32. The van der Waals surface area contributed by atoms with Crippen molar-refractivity contribution in [1.82, 2.24) is 0 Å². The maximum atomic E-state index is 9.29. The van der Waals surface area contributed by atoms with Crippen LogP contribution in [0.5, 0.6) is 0 Å². The Labute approximate surface area is 118 Å². The maximum absolute atomic E-state index is 9.29. The molecule has 0 fully saturated rings. The highest BCUT2D eigenvalue weighted by atomic mass is 79.9. The third-order valence-electron chi connectivity index (χ3n) is 2.25. The largest absolute Gasteiger partial charge is 0.392 e. The zero-order valence-electron chi connectivity index (χ0n) is 8.86. The topological polar surface area (TPSA) is 20.2 Å². The fourth-order valence-corrected chi connectivity index (χ4v) is 2.92. The Morgan fingerprint density at radius 3 is 2.47 bits per heavy atom. The van der Waals surface area contributed by atoms with Gasteiger partial charge in [-0.15, -0.1) is 0 Å². The first-order valence-electron chi connectivity index (χ1n) is 5.02. The Hall–Kier alpha value is -0.480. The quantitative estimate of drug-likeness (QED) is 0.877. The lowest BCUT2D eigenvalue weighted by molar-refractivity contribution is 0.279. The van der Waals surface area contributed by atoms with E-state index in [1.54, 1.807) is 11.8 Å². The number of hydrogen-bond donors (Lipinski definition) is 1. The van der Waals surface area contributed by atoms with Crippen molar-refractivity contribution in [2.75, 3.05) is 0 Å². The van der Waals surface area contributed by atoms with Crippen LogP contribution in [0.3, 0.4) is 0 Å². The van der Waals surface area contributed by atoms with Crippen molar-refractivity contribution in [3.05, 3.63) is 57.5 Å². The summed E-state index contributed by atoms with van der Waals surface area (Å²) in [5.74, 6) is 0. The third-order valence-corrected chi connectivity index (χ3v) is 4.40. The summed E-state index contributed by atoms with van der Waals surface area (Å²) in [7, 11) is 0. The summed E-state index contributed by atoms with van der Waals surface area (Å²) < 4.78 is 1.04. The van der Waals surface area contributed by atoms with Gasteiger partial charge in [-0.1, -0.05) is 51.4 Å². The highest BCUT2D eigenvalue weighted by Crippen LogP contribution is 2.36. The van der Waals surface area contributed by atoms with Crippen molar-refractivity contribution in [2.45, 2.75) is 16.4 Å². The normalized spacial score (nSPS) is 10.5. The average Bonchev–Trinajstić information content (AvgIpc) is 2.34. The molecule has 0 saturated heterocycles. The van der Waals surface area contributed by atoms with Crippen molar-refractivity contribution in [3.63, 3.8) is 0 Å². The number of aliphatic hydroxyl groups is 1. The van der Waals surface area contributed by atoms with E-state index in [-0.39, 0.29) is 6.61 Å². The van der Waals surface area contributed by atoms with Crippen LogP contribution in [0.25, 0.3) is 0 Å². The maximum Gasteiger partial charge on any atom is 0.0693 e. The first-order valence-corrected chi connectivity index (χ1v) is 7.01. The monoisotopic (exact) mass is 328 g/mol. The van der Waals surface area contributed by atoms with E-state index in [1.165, 1.54) is 0 Å². The number of aliphatic hydroxyl groups excluding tert-OH is 1. The van der Waals surface area contributed by atoms with Crippen LogP contribution in [0.15, 0.2) is 56.7 Å². The Bertz CT molecular complexity index is 513. The summed E-state index contributed by atoms with van der Waals surface area (Å²) in [5, 5.41) is 9.96. The summed E-state index contributed by atoms with van der Waals surface area (Å²) in [6.45, 7) is -0.000574. The molecule has 2 rings (SSSR count). The molecule has 4 heteroatoms. The molecule has 17 heavy (non-hydrogen) atoms. The fraction of sp³-hybridized carbons (Fsp3) is 0.0769. The Morgan fingerprint density at radius 2 is 1.82 bits per heavy atom. The van der Waals surface area contributed by atoms with Gasteiger partial charge in [0.1, 0.15) is 0 Å². The van der Waals surface area contributed by atoms with Crippen molar-refractivity contribution >= 4 is 39.3 Å². The minimum atomic E-state index is -0.000574. The van der Waals surface area contributed by atoms with E-state index in [4.69, 9.17) is 11.6 Å². The molecule has 0 amide bonds. The van der Waals surface area contributed by atoms with Gasteiger partial charge >= 0.3 is 0 Å². The van der Waals surface area contributed by atoms with E-state index in [1.807, 2.05) is 42.5 Å². The Morgan fingerprint density at radius 1 is 1.12 bits per heavy atom. The van der Waals surface area contributed by atoms with Crippen LogP contribution in [0.4, 0.5) is 0 Å². The molecule has 0 heterocycles. The van der Waals surface area contributed by atoms with Gasteiger partial charge < -0.3 is 5.11 Å². The lowest BCUT2D eigenvalue weighted by Crippen LogP contribution is -1.88. The predicted molar refractivity (Wildman–Crippen MR) is 75.6 cm³/mol. The second-order valence-electron chi connectivity index (χ2n) is 3.44. The first kappa shape index (κ1) is 13.0. The molecule has 1 nitrogen and oxygen atoms in total. The van der Waals surface area contributed by atoms with Gasteiger partial charge in [-0.2, -0.15) is 0 Å². The molecule has 1 N–H and O–H groups in total. The SMILES string of the molecule is OCc1cccc(Cl)c1Sc1ccc(Br)cc1. The minimum Gasteiger partial charge on any atom is -0.392 e. The van der Waals surface area contributed by atoms with E-state index in [9.17, 15) is 5.11 Å². The molecule has 0 spiro atoms. The summed E-state index contributed by atoms with van der Waals surface area (Å²) in [5.41, 5.74) is 0.852. The molecule has 2 aromatic rings. The first-order chi connectivity index (χ1) is 8.20. The van der Waals surface area contributed by atoms with Crippen molar-refractivity contribution in [2.24, 2.45) is 0 Å². The van der Waals surface area contributed by atoms with Crippen LogP contribution in [0, 0.1) is 0 Å². The molecule has 88 valence electrons. The van der Waals surface area contributed by atoms with Crippen LogP contribution >= 0.6 is 39.3 Å². The van der Waals surface area contributed by atoms with Crippen LogP contribution in [-0.2, 0) is 6.61 Å². The standard InChI is InChI=1S/C13H10BrClOS/c14-10-4-6-11(7-5-10)17-13-9(8-16)2-1-3-12(13)15/h1-7,16H,8H2. The molecular weight excluding hydrogens is 320 g/mol. The van der Waals surface area contributed by atoms with Gasteiger partial charge in [0.25, 0.3) is 0 Å². The van der Waals surface area contributed by atoms with Crippen molar-refractivity contribution in [3.8, 4) is 0 Å². The molecule has 0 aliphatic carbocycles. The highest BCUT2D eigenvalue weighted by Gasteiger charge is 2.08. The summed E-state index contributed by atoms with van der Waals surface area (Å²) in [6, 6.07) is 13.6. The van der Waals surface area contributed by atoms with Crippen LogP contribution in [0.2, 0.25) is 5.02 Å². The summed E-state index contributed by atoms with van der Waals surface area (Å²) in [4.78, 5) is 2.01. The molecule has 0 bridgehead atoms. The van der Waals surface area contributed by atoms with Gasteiger partial charge in [0.2, 0.25) is 0 Å². The summed E-state index contributed by atoms with van der Waals surface area (Å²) >= 11 is 11.1. The molecule has 0 aliphatic heterocycles. The van der Waals surface area contributed by atoms with Crippen LogP contribution < -0.4 is 0 Å². The van der Waals surface area contributed by atoms with Crippen molar-refractivity contribution < 1.29 is 5.11 Å². The number of rotatable bonds is 3. The Kier molecular flexibility index (Phi) is 4.51. The van der Waals surface area contributed by atoms with Crippen LogP contribution in [-0.4, -0.2) is 5.11 Å². The average molecular weight is 330 g/mol. The lowest BCUT2D eigenvalue weighted by Gasteiger charge is -2.09. The lowest BCUT2D eigenvalue weighted by atomic mass is 10.2. The minimum absolute atomic E-state index is 0.000574. The second kappa shape index (κ2) is 5.91. The smallest absolute Gasteiger partial charge is 0.0693 e. The second-order valence-corrected chi connectivity index (χ2v) is 5.85. The molecule has 0 radical (unpaired) electrons. The number of halogens is 2. The third kappa shape index (κ3) is 3.26. The van der Waals surface area contributed by atoms with E-state index < -0.39 is 0 Å². The van der Waals surface area contributed by atoms with Gasteiger partial charge in [0.05, 0.1) is 11.6 Å². The van der Waals surface area contributed by atoms with E-state index in [0.29, 0.717) is 5.02 Å². The van der Waals surface area contributed by atoms with E-state index >= 15 is 0 Å². The van der Waals surface area contributed by atoms with E-state index in [2.05, 4.69) is 15.9 Å². The van der Waals surface area contributed by atoms with Gasteiger partial charge in [-0.3, -0.25) is 0 Å². The molecule has 0 saturated carbocycles. The predicted octanol–water partition coefficient (Wildman–Crippen LogP) is 4.75. The van der Waals surface area contributed by atoms with Gasteiger partial charge in [-0.05, 0) is 35.9 Å². The van der Waals surface area contributed by atoms with E-state index in [0.717, 1.165) is 19.8 Å². The van der Waals surface area contributed by atoms with Crippen molar-refractivity contribution in [1.29, 1.82) is 0 Å². The number of benzene rings is 2. The van der Waals surface area contributed by atoms with Crippen LogP contribution in [0.1, 0.15) is 5.56 Å². The molecule has 0 unspecified atom stereocenters. The molecule has 0 aliphatic rings. The molecule has 0 aromatic heterocycles. The van der Waals surface area contributed by atoms with Gasteiger partial charge in [0, 0.05) is 14.3 Å². The van der Waals surface area contributed by atoms with Gasteiger partial charge in [-0.25, -0.2) is 0 Å². The fourth-order valence-electron chi connectivity index (χ4n) is 1.41. The zero-order valence-corrected chi connectivity index (χ0v) is 12.0. The number of hydrogen-bond acceptors (Lipinski definition) is 2. The summed E-state index contributed by atoms with van der Waals surface area (Å²) in [6.07, 6.45) is 0. The zero-order chi connectivity index (χ0) is 12.3. The molecule has 2 aromatic carbocycles. The molecule has 0 atom stereocenters. The molecular formula is C13H10BrClOS.